The molecular formula is C13H20N2O3S. The van der Waals surface area contributed by atoms with Gasteiger partial charge in [-0.3, -0.25) is 9.69 Å². The molecular weight excluding hydrogens is 264 g/mol. The first-order chi connectivity index (χ1) is 8.99. The van der Waals surface area contributed by atoms with Crippen molar-refractivity contribution in [2.75, 3.05) is 19.8 Å². The molecule has 1 aliphatic rings. The van der Waals surface area contributed by atoms with Crippen molar-refractivity contribution in [1.82, 2.24) is 9.88 Å². The summed E-state index contributed by atoms with van der Waals surface area (Å²) in [6.45, 7) is 8.07. The lowest BCUT2D eigenvalue weighted by Gasteiger charge is -2.38. The molecule has 2 heterocycles. The molecule has 1 aromatic heterocycles. The quantitative estimate of drug-likeness (QED) is 0.916. The van der Waals surface area contributed by atoms with Gasteiger partial charge < -0.3 is 9.84 Å². The zero-order chi connectivity index (χ0) is 14.0. The van der Waals surface area contributed by atoms with Crippen LogP contribution in [0.1, 0.15) is 35.0 Å². The SMILES string of the molecule is Cc1nc(C(C)N2CCOCC2CC(=O)O)c(C)s1. The van der Waals surface area contributed by atoms with Gasteiger partial charge in [-0.15, -0.1) is 11.3 Å². The number of hydrogen-bond acceptors (Lipinski definition) is 5. The Bertz CT molecular complexity index is 461. The third kappa shape index (κ3) is 3.32. The normalized spacial score (nSPS) is 22.4. The molecule has 19 heavy (non-hydrogen) atoms. The van der Waals surface area contributed by atoms with Crippen molar-refractivity contribution in [2.24, 2.45) is 0 Å². The van der Waals surface area contributed by atoms with E-state index in [9.17, 15) is 4.79 Å². The number of rotatable bonds is 4. The first-order valence-electron chi connectivity index (χ1n) is 6.48. The van der Waals surface area contributed by atoms with Gasteiger partial charge in [-0.1, -0.05) is 0 Å². The van der Waals surface area contributed by atoms with E-state index in [1.165, 1.54) is 4.88 Å². The van der Waals surface area contributed by atoms with Crippen LogP contribution in [0.3, 0.4) is 0 Å². The van der Waals surface area contributed by atoms with Gasteiger partial charge in [-0.25, -0.2) is 4.98 Å². The Morgan fingerprint density at radius 3 is 2.95 bits per heavy atom. The predicted octanol–water partition coefficient (Wildman–Crippen LogP) is 2.00. The summed E-state index contributed by atoms with van der Waals surface area (Å²) in [5.41, 5.74) is 1.07. The first-order valence-corrected chi connectivity index (χ1v) is 7.30. The van der Waals surface area contributed by atoms with Gasteiger partial charge in [-0.2, -0.15) is 0 Å². The minimum Gasteiger partial charge on any atom is -0.481 e. The van der Waals surface area contributed by atoms with E-state index >= 15 is 0 Å². The van der Waals surface area contributed by atoms with Gasteiger partial charge in [0.2, 0.25) is 0 Å². The molecule has 1 N–H and O–H groups in total. The van der Waals surface area contributed by atoms with Gasteiger partial charge in [-0.05, 0) is 20.8 Å². The largest absolute Gasteiger partial charge is 0.481 e. The Kier molecular flexibility index (Phi) is 4.54. The molecule has 6 heteroatoms. The molecule has 0 aromatic carbocycles. The minimum absolute atomic E-state index is 0.0670. The Hall–Kier alpha value is -0.980. The van der Waals surface area contributed by atoms with E-state index in [1.807, 2.05) is 6.92 Å². The van der Waals surface area contributed by atoms with Crippen molar-refractivity contribution >= 4 is 17.3 Å². The number of nitrogens with zero attached hydrogens (tertiary/aromatic N) is 2. The van der Waals surface area contributed by atoms with Gasteiger partial charge in [0.05, 0.1) is 36.4 Å². The molecule has 1 aliphatic heterocycles. The highest BCUT2D eigenvalue weighted by atomic mass is 32.1. The van der Waals surface area contributed by atoms with Crippen molar-refractivity contribution in [3.63, 3.8) is 0 Å². The van der Waals surface area contributed by atoms with E-state index in [0.29, 0.717) is 13.2 Å². The van der Waals surface area contributed by atoms with Crippen LogP contribution in [0.4, 0.5) is 0 Å². The third-order valence-corrected chi connectivity index (χ3v) is 4.42. The van der Waals surface area contributed by atoms with Crippen LogP contribution < -0.4 is 0 Å². The molecule has 0 spiro atoms. The van der Waals surface area contributed by atoms with Crippen molar-refractivity contribution in [1.29, 1.82) is 0 Å². The molecule has 1 saturated heterocycles. The second-order valence-electron chi connectivity index (χ2n) is 4.91. The fraction of sp³-hybridized carbons (Fsp3) is 0.692. The van der Waals surface area contributed by atoms with Gasteiger partial charge >= 0.3 is 5.97 Å². The molecule has 0 amide bonds. The highest BCUT2D eigenvalue weighted by Crippen LogP contribution is 2.29. The Morgan fingerprint density at radius 2 is 2.37 bits per heavy atom. The van der Waals surface area contributed by atoms with Crippen LogP contribution in [0, 0.1) is 13.8 Å². The minimum atomic E-state index is -0.779. The number of aromatic nitrogens is 1. The maximum atomic E-state index is 10.9. The number of thiazole rings is 1. The standard InChI is InChI=1S/C13H20N2O3S/c1-8(13-9(2)19-10(3)14-13)15-4-5-18-7-11(15)6-12(16)17/h8,11H,4-7H2,1-3H3,(H,16,17). The third-order valence-electron chi connectivity index (χ3n) is 3.52. The average Bonchev–Trinajstić information content (AvgIpc) is 2.67. The number of carbonyl (C=O) groups is 1. The van der Waals surface area contributed by atoms with E-state index in [0.717, 1.165) is 17.2 Å². The molecule has 0 aliphatic carbocycles. The number of carboxylic acid groups (broad SMARTS) is 1. The van der Waals surface area contributed by atoms with Crippen LogP contribution in [0.2, 0.25) is 0 Å². The van der Waals surface area contributed by atoms with Gasteiger partial charge in [0.15, 0.2) is 0 Å². The summed E-state index contributed by atoms with van der Waals surface area (Å²) in [5, 5.41) is 10.1. The van der Waals surface area contributed by atoms with E-state index < -0.39 is 5.97 Å². The summed E-state index contributed by atoms with van der Waals surface area (Å²) >= 11 is 1.69. The molecule has 0 radical (unpaired) electrons. The highest BCUT2D eigenvalue weighted by molar-refractivity contribution is 7.11. The molecule has 2 rings (SSSR count). The number of hydrogen-bond donors (Lipinski definition) is 1. The molecule has 1 fully saturated rings. The van der Waals surface area contributed by atoms with Crippen LogP contribution >= 0.6 is 11.3 Å². The van der Waals surface area contributed by atoms with Gasteiger partial charge in [0.1, 0.15) is 0 Å². The Morgan fingerprint density at radius 1 is 1.63 bits per heavy atom. The van der Waals surface area contributed by atoms with Crippen molar-refractivity contribution in [2.45, 2.75) is 39.3 Å². The van der Waals surface area contributed by atoms with Crippen molar-refractivity contribution in [3.8, 4) is 0 Å². The summed E-state index contributed by atoms with van der Waals surface area (Å²) in [6.07, 6.45) is 0.118. The monoisotopic (exact) mass is 284 g/mol. The lowest BCUT2D eigenvalue weighted by atomic mass is 10.1. The number of carboxylic acids is 1. The maximum absolute atomic E-state index is 10.9. The number of aliphatic carboxylic acids is 1. The first kappa shape index (κ1) is 14.4. The smallest absolute Gasteiger partial charge is 0.305 e. The van der Waals surface area contributed by atoms with E-state index in [1.54, 1.807) is 11.3 Å². The van der Waals surface area contributed by atoms with Crippen LogP contribution in [0.5, 0.6) is 0 Å². The predicted molar refractivity (Wildman–Crippen MR) is 73.6 cm³/mol. The van der Waals surface area contributed by atoms with Crippen molar-refractivity contribution < 1.29 is 14.6 Å². The fourth-order valence-electron chi connectivity index (χ4n) is 2.64. The second-order valence-corrected chi connectivity index (χ2v) is 6.32. The lowest BCUT2D eigenvalue weighted by molar-refractivity contribution is -0.140. The van der Waals surface area contributed by atoms with Crippen LogP contribution in [0.25, 0.3) is 0 Å². The summed E-state index contributed by atoms with van der Waals surface area (Å²) in [5.74, 6) is -0.779. The van der Waals surface area contributed by atoms with E-state index in [2.05, 4.69) is 23.7 Å². The summed E-state index contributed by atoms with van der Waals surface area (Å²) in [4.78, 5) is 19.0. The number of aryl methyl sites for hydroxylation is 2. The fourth-order valence-corrected chi connectivity index (χ4v) is 3.55. The topological polar surface area (TPSA) is 62.7 Å². The number of morpholine rings is 1. The zero-order valence-electron chi connectivity index (χ0n) is 11.5. The van der Waals surface area contributed by atoms with Gasteiger partial charge in [0, 0.05) is 17.5 Å². The molecule has 0 saturated carbocycles. The van der Waals surface area contributed by atoms with E-state index in [-0.39, 0.29) is 18.5 Å². The average molecular weight is 284 g/mol. The highest BCUT2D eigenvalue weighted by Gasteiger charge is 2.31. The van der Waals surface area contributed by atoms with Crippen molar-refractivity contribution in [3.05, 3.63) is 15.6 Å². The molecule has 2 unspecified atom stereocenters. The summed E-state index contributed by atoms with van der Waals surface area (Å²) in [7, 11) is 0. The summed E-state index contributed by atoms with van der Waals surface area (Å²) in [6, 6.07) is 0.0702. The van der Waals surface area contributed by atoms with Crippen LogP contribution in [-0.4, -0.2) is 46.8 Å². The lowest BCUT2D eigenvalue weighted by Crippen LogP contribution is -2.47. The Balaban J connectivity index is 2.17. The number of ether oxygens (including phenoxy) is 1. The second kappa shape index (κ2) is 5.98. The molecule has 5 nitrogen and oxygen atoms in total. The molecule has 1 aromatic rings. The van der Waals surface area contributed by atoms with E-state index in [4.69, 9.17) is 9.84 Å². The molecule has 0 bridgehead atoms. The summed E-state index contributed by atoms with van der Waals surface area (Å²) < 4.78 is 5.41. The Labute approximate surface area is 117 Å². The molecule has 106 valence electrons. The zero-order valence-corrected chi connectivity index (χ0v) is 12.4. The molecule has 2 atom stereocenters. The van der Waals surface area contributed by atoms with Crippen LogP contribution in [-0.2, 0) is 9.53 Å². The van der Waals surface area contributed by atoms with Gasteiger partial charge in [0.25, 0.3) is 0 Å². The maximum Gasteiger partial charge on any atom is 0.305 e. The van der Waals surface area contributed by atoms with Crippen LogP contribution in [0.15, 0.2) is 0 Å².